The molecule has 1 unspecified atom stereocenters. The first-order chi connectivity index (χ1) is 10.5. The van der Waals surface area contributed by atoms with Gasteiger partial charge in [0.15, 0.2) is 0 Å². The fourth-order valence-electron chi connectivity index (χ4n) is 2.93. The molecule has 0 aromatic heterocycles. The van der Waals surface area contributed by atoms with Gasteiger partial charge in [0, 0.05) is 18.7 Å². The molecule has 1 saturated heterocycles. The van der Waals surface area contributed by atoms with E-state index in [1.807, 2.05) is 12.2 Å². The van der Waals surface area contributed by atoms with Gasteiger partial charge >= 0.3 is 5.97 Å². The predicted molar refractivity (Wildman–Crippen MR) is 92.7 cm³/mol. The number of allylic oxidation sites excluding steroid dienone is 2. The second-order valence-corrected chi connectivity index (χ2v) is 6.36. The number of esters is 1. The van der Waals surface area contributed by atoms with Crippen LogP contribution >= 0.6 is 0 Å². The van der Waals surface area contributed by atoms with Crippen molar-refractivity contribution in [3.8, 4) is 0 Å². The van der Waals surface area contributed by atoms with E-state index >= 15 is 0 Å². The van der Waals surface area contributed by atoms with Crippen LogP contribution in [0.2, 0.25) is 0 Å². The van der Waals surface area contributed by atoms with E-state index in [9.17, 15) is 4.79 Å². The Morgan fingerprint density at radius 3 is 2.77 bits per heavy atom. The molecular weight excluding hydrogens is 274 g/mol. The van der Waals surface area contributed by atoms with Crippen LogP contribution in [-0.2, 0) is 9.53 Å². The normalized spacial score (nSPS) is 22.3. The summed E-state index contributed by atoms with van der Waals surface area (Å²) >= 11 is 0. The fraction of sp³-hybridized carbons (Fsp3) is 0.632. The second kappa shape index (κ2) is 9.62. The average Bonchev–Trinajstić information content (AvgIpc) is 2.51. The number of carbonyl (C=O) groups is 1. The first-order valence-electron chi connectivity index (χ1n) is 8.35. The third-order valence-electron chi connectivity index (χ3n) is 4.38. The quantitative estimate of drug-likeness (QED) is 0.405. The van der Waals surface area contributed by atoms with Crippen LogP contribution in [0.3, 0.4) is 0 Å². The van der Waals surface area contributed by atoms with Crippen molar-refractivity contribution in [1.29, 1.82) is 0 Å². The lowest BCUT2D eigenvalue weighted by Crippen LogP contribution is -2.35. The van der Waals surface area contributed by atoms with Gasteiger partial charge in [-0.05, 0) is 49.3 Å². The number of likely N-dealkylation sites (tertiary alicyclic amines) is 1. The van der Waals surface area contributed by atoms with Crippen molar-refractivity contribution in [2.45, 2.75) is 40.0 Å². The molecule has 2 atom stereocenters. The zero-order valence-electron chi connectivity index (χ0n) is 14.6. The zero-order valence-corrected chi connectivity index (χ0v) is 14.6. The first-order valence-corrected chi connectivity index (χ1v) is 8.35. The number of piperidine rings is 1. The summed E-state index contributed by atoms with van der Waals surface area (Å²) in [5, 5.41) is 0. The van der Waals surface area contributed by atoms with Gasteiger partial charge in [0.2, 0.25) is 0 Å². The Kier molecular flexibility index (Phi) is 8.18. The van der Waals surface area contributed by atoms with Crippen LogP contribution in [0.1, 0.15) is 40.0 Å². The van der Waals surface area contributed by atoms with Gasteiger partial charge in [0.1, 0.15) is 0 Å². The van der Waals surface area contributed by atoms with Gasteiger partial charge in [-0.3, -0.25) is 4.90 Å². The minimum atomic E-state index is -0.226. The molecule has 0 amide bonds. The van der Waals surface area contributed by atoms with Crippen LogP contribution in [0.25, 0.3) is 0 Å². The first kappa shape index (κ1) is 18.7. The summed E-state index contributed by atoms with van der Waals surface area (Å²) in [7, 11) is 1.45. The van der Waals surface area contributed by atoms with Crippen LogP contribution in [-0.4, -0.2) is 37.6 Å². The van der Waals surface area contributed by atoms with Crippen LogP contribution < -0.4 is 0 Å². The van der Waals surface area contributed by atoms with Crippen molar-refractivity contribution in [1.82, 2.24) is 4.90 Å². The van der Waals surface area contributed by atoms with E-state index < -0.39 is 0 Å². The van der Waals surface area contributed by atoms with Gasteiger partial charge < -0.3 is 4.74 Å². The summed E-state index contributed by atoms with van der Waals surface area (Å²) in [6.45, 7) is 13.4. The van der Waals surface area contributed by atoms with E-state index in [1.165, 1.54) is 20.0 Å². The lowest BCUT2D eigenvalue weighted by Gasteiger charge is -2.31. The maximum atomic E-state index is 12.0. The van der Waals surface area contributed by atoms with Crippen molar-refractivity contribution < 1.29 is 9.53 Å². The van der Waals surface area contributed by atoms with Crippen molar-refractivity contribution in [2.24, 2.45) is 11.8 Å². The Morgan fingerprint density at radius 2 is 2.23 bits per heavy atom. The highest BCUT2D eigenvalue weighted by Crippen LogP contribution is 2.21. The van der Waals surface area contributed by atoms with Gasteiger partial charge in [-0.1, -0.05) is 39.5 Å². The molecule has 0 N–H and O–H groups in total. The highest BCUT2D eigenvalue weighted by atomic mass is 16.5. The Morgan fingerprint density at radius 1 is 1.50 bits per heavy atom. The summed E-state index contributed by atoms with van der Waals surface area (Å²) < 4.78 is 4.95. The predicted octanol–water partition coefficient (Wildman–Crippen LogP) is 3.98. The van der Waals surface area contributed by atoms with Crippen molar-refractivity contribution in [3.63, 3.8) is 0 Å². The number of hydrogen-bond donors (Lipinski definition) is 0. The van der Waals surface area contributed by atoms with Gasteiger partial charge in [-0.2, -0.15) is 0 Å². The zero-order chi connectivity index (χ0) is 16.5. The Hall–Kier alpha value is -1.35. The molecule has 3 heteroatoms. The summed E-state index contributed by atoms with van der Waals surface area (Å²) in [6, 6.07) is 0. The Labute approximate surface area is 135 Å². The van der Waals surface area contributed by atoms with Crippen molar-refractivity contribution >= 4 is 5.97 Å². The monoisotopic (exact) mass is 305 g/mol. The third kappa shape index (κ3) is 5.80. The molecule has 3 nitrogen and oxygen atoms in total. The molecule has 0 radical (unpaired) electrons. The maximum absolute atomic E-state index is 12.0. The summed E-state index contributed by atoms with van der Waals surface area (Å²) in [4.78, 5) is 14.5. The second-order valence-electron chi connectivity index (χ2n) is 6.36. The number of ether oxygens (including phenoxy) is 1. The molecule has 0 aromatic rings. The van der Waals surface area contributed by atoms with E-state index in [4.69, 9.17) is 4.74 Å². The van der Waals surface area contributed by atoms with Crippen molar-refractivity contribution in [3.05, 3.63) is 36.0 Å². The van der Waals surface area contributed by atoms with Crippen LogP contribution in [0, 0.1) is 11.8 Å². The number of nitrogens with zero attached hydrogens (tertiary/aromatic N) is 1. The topological polar surface area (TPSA) is 29.5 Å². The largest absolute Gasteiger partial charge is 0.466 e. The molecule has 1 heterocycles. The molecule has 0 bridgehead atoms. The van der Waals surface area contributed by atoms with Crippen LogP contribution in [0.15, 0.2) is 36.0 Å². The molecule has 0 aromatic carbocycles. The molecule has 124 valence electrons. The highest BCUT2D eigenvalue weighted by Gasteiger charge is 2.19. The third-order valence-corrected chi connectivity index (χ3v) is 4.38. The van der Waals surface area contributed by atoms with Crippen molar-refractivity contribution in [2.75, 3.05) is 26.7 Å². The smallest absolute Gasteiger partial charge is 0.334 e. The number of carbonyl (C=O) groups excluding carboxylic acids is 1. The van der Waals surface area contributed by atoms with Gasteiger partial charge in [0.25, 0.3) is 0 Å². The van der Waals surface area contributed by atoms with E-state index in [2.05, 4.69) is 32.3 Å². The fourth-order valence-corrected chi connectivity index (χ4v) is 2.93. The van der Waals surface area contributed by atoms with Gasteiger partial charge in [-0.25, -0.2) is 4.79 Å². The summed E-state index contributed by atoms with van der Waals surface area (Å²) in [5.41, 5.74) is 1.88. The average molecular weight is 305 g/mol. The Bertz CT molecular complexity index is 437. The van der Waals surface area contributed by atoms with E-state index in [-0.39, 0.29) is 11.9 Å². The van der Waals surface area contributed by atoms with Gasteiger partial charge in [0.05, 0.1) is 7.11 Å². The highest BCUT2D eigenvalue weighted by molar-refractivity contribution is 5.89. The Balaban J connectivity index is 2.92. The SMILES string of the molecule is C=C/C=C(\C=C(\C(=O)OC)C(C)CC)CN1CCC[C@@H](C)C1. The number of rotatable bonds is 7. The summed E-state index contributed by atoms with van der Waals surface area (Å²) in [6.07, 6.45) is 9.29. The van der Waals surface area contributed by atoms with E-state index in [1.54, 1.807) is 6.08 Å². The standard InChI is InChI=1S/C19H31NO2/c1-6-9-17(14-20-11-8-10-15(3)13-20)12-18(16(4)7-2)19(21)22-5/h6,9,12,15-16H,1,7-8,10-11,13-14H2,2-5H3/b17-9+,18-12+/t15-,16?/m1/s1. The number of hydrogen-bond acceptors (Lipinski definition) is 3. The minimum absolute atomic E-state index is 0.195. The van der Waals surface area contributed by atoms with Crippen LogP contribution in [0.5, 0.6) is 0 Å². The molecule has 22 heavy (non-hydrogen) atoms. The lowest BCUT2D eigenvalue weighted by atomic mass is 9.95. The number of methoxy groups -OCH3 is 1. The molecule has 1 fully saturated rings. The molecule has 0 spiro atoms. The van der Waals surface area contributed by atoms with E-state index in [0.29, 0.717) is 0 Å². The van der Waals surface area contributed by atoms with Crippen LogP contribution in [0.4, 0.5) is 0 Å². The minimum Gasteiger partial charge on any atom is -0.466 e. The molecular formula is C19H31NO2. The lowest BCUT2D eigenvalue weighted by molar-refractivity contribution is -0.136. The molecule has 1 rings (SSSR count). The van der Waals surface area contributed by atoms with E-state index in [0.717, 1.165) is 43.1 Å². The molecule has 0 aliphatic carbocycles. The van der Waals surface area contributed by atoms with Gasteiger partial charge in [-0.15, -0.1) is 0 Å². The molecule has 0 saturated carbocycles. The summed E-state index contributed by atoms with van der Waals surface area (Å²) in [5.74, 6) is 0.717. The molecule has 1 aliphatic heterocycles. The molecule has 1 aliphatic rings. The maximum Gasteiger partial charge on any atom is 0.334 e.